The summed E-state index contributed by atoms with van der Waals surface area (Å²) in [5.41, 5.74) is 3.72. The first kappa shape index (κ1) is 10.5. The molecule has 0 radical (unpaired) electrons. The highest BCUT2D eigenvalue weighted by molar-refractivity contribution is 5.91. The van der Waals surface area contributed by atoms with Gasteiger partial charge < -0.3 is 0 Å². The van der Waals surface area contributed by atoms with E-state index in [1.165, 1.54) is 11.6 Å². The van der Waals surface area contributed by atoms with Gasteiger partial charge in [-0.1, -0.05) is 31.2 Å². The van der Waals surface area contributed by atoms with Gasteiger partial charge in [-0.15, -0.1) is 0 Å². The zero-order valence-electron chi connectivity index (χ0n) is 8.03. The average molecular weight is 191 g/mol. The maximum absolute atomic E-state index is 10.7. The van der Waals surface area contributed by atoms with Crippen molar-refractivity contribution in [1.82, 2.24) is 5.48 Å². The highest BCUT2D eigenvalue weighted by atomic mass is 16.5. The fourth-order valence-corrected chi connectivity index (χ4v) is 1.22. The van der Waals surface area contributed by atoms with E-state index in [1.807, 2.05) is 24.3 Å². The number of carbonyl (C=O) groups is 1. The SMILES string of the molecule is CCc1ccccc1C=CC(=O)NO. The summed E-state index contributed by atoms with van der Waals surface area (Å²) in [4.78, 5) is 10.7. The quantitative estimate of drug-likeness (QED) is 0.434. The van der Waals surface area contributed by atoms with Gasteiger partial charge in [0.05, 0.1) is 0 Å². The predicted octanol–water partition coefficient (Wildman–Crippen LogP) is 1.77. The van der Waals surface area contributed by atoms with Crippen LogP contribution in [0.15, 0.2) is 30.3 Å². The molecule has 1 aromatic carbocycles. The highest BCUT2D eigenvalue weighted by Crippen LogP contribution is 2.10. The maximum atomic E-state index is 10.7. The summed E-state index contributed by atoms with van der Waals surface area (Å²) < 4.78 is 0. The molecular formula is C11H13NO2. The third-order valence-corrected chi connectivity index (χ3v) is 1.96. The minimum Gasteiger partial charge on any atom is -0.288 e. The number of hydroxylamine groups is 1. The molecule has 0 atom stereocenters. The molecule has 0 fully saturated rings. The van der Waals surface area contributed by atoms with Crippen molar-refractivity contribution in [3.8, 4) is 0 Å². The molecule has 0 saturated carbocycles. The van der Waals surface area contributed by atoms with Crippen molar-refractivity contribution in [1.29, 1.82) is 0 Å². The number of hydrogen-bond acceptors (Lipinski definition) is 2. The molecule has 74 valence electrons. The van der Waals surface area contributed by atoms with E-state index < -0.39 is 5.91 Å². The zero-order chi connectivity index (χ0) is 10.4. The minimum absolute atomic E-state index is 0.518. The van der Waals surface area contributed by atoms with Crippen LogP contribution in [-0.2, 0) is 11.2 Å². The van der Waals surface area contributed by atoms with Crippen molar-refractivity contribution in [3.05, 3.63) is 41.5 Å². The Morgan fingerprint density at radius 3 is 2.86 bits per heavy atom. The Balaban J connectivity index is 2.85. The van der Waals surface area contributed by atoms with E-state index in [0.29, 0.717) is 0 Å². The number of benzene rings is 1. The summed E-state index contributed by atoms with van der Waals surface area (Å²) in [5, 5.41) is 8.29. The first-order valence-corrected chi connectivity index (χ1v) is 4.48. The van der Waals surface area contributed by atoms with Crippen LogP contribution in [0.1, 0.15) is 18.1 Å². The summed E-state index contributed by atoms with van der Waals surface area (Å²) in [6.45, 7) is 2.05. The van der Waals surface area contributed by atoms with E-state index in [2.05, 4.69) is 6.92 Å². The Kier molecular flexibility index (Phi) is 3.88. The van der Waals surface area contributed by atoms with Crippen LogP contribution in [0.2, 0.25) is 0 Å². The van der Waals surface area contributed by atoms with E-state index >= 15 is 0 Å². The molecule has 0 aromatic heterocycles. The van der Waals surface area contributed by atoms with E-state index in [1.54, 1.807) is 11.6 Å². The lowest BCUT2D eigenvalue weighted by molar-refractivity contribution is -0.124. The van der Waals surface area contributed by atoms with E-state index in [0.717, 1.165) is 12.0 Å². The standard InChI is InChI=1S/C11H13NO2/c1-2-9-5-3-4-6-10(9)7-8-11(13)12-14/h3-8,14H,2H2,1H3,(H,12,13). The molecule has 14 heavy (non-hydrogen) atoms. The van der Waals surface area contributed by atoms with Crippen LogP contribution >= 0.6 is 0 Å². The molecule has 0 unspecified atom stereocenters. The molecule has 0 bridgehead atoms. The number of nitrogens with one attached hydrogen (secondary N) is 1. The van der Waals surface area contributed by atoms with E-state index in [9.17, 15) is 4.79 Å². The molecule has 0 aliphatic heterocycles. The molecule has 1 rings (SSSR count). The molecule has 0 saturated heterocycles. The summed E-state index contributed by atoms with van der Waals surface area (Å²) in [7, 11) is 0. The van der Waals surface area contributed by atoms with Crippen LogP contribution in [0, 0.1) is 0 Å². The van der Waals surface area contributed by atoms with Gasteiger partial charge in [-0.2, -0.15) is 0 Å². The topological polar surface area (TPSA) is 49.3 Å². The van der Waals surface area contributed by atoms with Crippen molar-refractivity contribution < 1.29 is 10.0 Å². The second-order valence-corrected chi connectivity index (χ2v) is 2.86. The van der Waals surface area contributed by atoms with Gasteiger partial charge in [-0.25, -0.2) is 5.48 Å². The van der Waals surface area contributed by atoms with Crippen LogP contribution in [0.4, 0.5) is 0 Å². The third-order valence-electron chi connectivity index (χ3n) is 1.96. The smallest absolute Gasteiger partial charge is 0.267 e. The van der Waals surface area contributed by atoms with Crippen molar-refractivity contribution in [2.45, 2.75) is 13.3 Å². The van der Waals surface area contributed by atoms with Crippen LogP contribution in [0.5, 0.6) is 0 Å². The maximum Gasteiger partial charge on any atom is 0.267 e. The van der Waals surface area contributed by atoms with Gasteiger partial charge in [-0.05, 0) is 23.6 Å². The van der Waals surface area contributed by atoms with Crippen molar-refractivity contribution >= 4 is 12.0 Å². The molecular weight excluding hydrogens is 178 g/mol. The molecule has 1 amide bonds. The summed E-state index contributed by atoms with van der Waals surface area (Å²) >= 11 is 0. The van der Waals surface area contributed by atoms with Gasteiger partial charge >= 0.3 is 0 Å². The fraction of sp³-hybridized carbons (Fsp3) is 0.182. The Hall–Kier alpha value is -1.61. The molecule has 0 aliphatic carbocycles. The molecule has 3 nitrogen and oxygen atoms in total. The Labute approximate surface area is 83.0 Å². The molecule has 3 heteroatoms. The van der Waals surface area contributed by atoms with E-state index in [-0.39, 0.29) is 0 Å². The second kappa shape index (κ2) is 5.19. The summed E-state index contributed by atoms with van der Waals surface area (Å²) in [6, 6.07) is 7.81. The van der Waals surface area contributed by atoms with Crippen LogP contribution in [0.3, 0.4) is 0 Å². The highest BCUT2D eigenvalue weighted by Gasteiger charge is 1.96. The Morgan fingerprint density at radius 1 is 1.50 bits per heavy atom. The molecule has 2 N–H and O–H groups in total. The molecule has 1 aromatic rings. The number of aryl methyl sites for hydroxylation is 1. The first-order valence-electron chi connectivity index (χ1n) is 4.48. The van der Waals surface area contributed by atoms with Crippen molar-refractivity contribution in [3.63, 3.8) is 0 Å². The lowest BCUT2D eigenvalue weighted by Gasteiger charge is -2.01. The van der Waals surface area contributed by atoms with Crippen LogP contribution in [0.25, 0.3) is 6.08 Å². The zero-order valence-corrected chi connectivity index (χ0v) is 8.03. The monoisotopic (exact) mass is 191 g/mol. The number of carbonyl (C=O) groups excluding carboxylic acids is 1. The van der Waals surface area contributed by atoms with Crippen LogP contribution < -0.4 is 5.48 Å². The van der Waals surface area contributed by atoms with Gasteiger partial charge in [0.2, 0.25) is 0 Å². The lowest BCUT2D eigenvalue weighted by Crippen LogP contribution is -2.14. The fourth-order valence-electron chi connectivity index (χ4n) is 1.22. The Bertz CT molecular complexity index is 345. The number of rotatable bonds is 3. The Morgan fingerprint density at radius 2 is 2.21 bits per heavy atom. The largest absolute Gasteiger partial charge is 0.288 e. The normalized spacial score (nSPS) is 10.4. The van der Waals surface area contributed by atoms with Crippen molar-refractivity contribution in [2.24, 2.45) is 0 Å². The minimum atomic E-state index is -0.518. The van der Waals surface area contributed by atoms with Gasteiger partial charge in [0, 0.05) is 6.08 Å². The predicted molar refractivity (Wildman–Crippen MR) is 54.8 cm³/mol. The van der Waals surface area contributed by atoms with E-state index in [4.69, 9.17) is 5.21 Å². The summed E-state index contributed by atoms with van der Waals surface area (Å²) in [6.07, 6.45) is 3.90. The second-order valence-electron chi connectivity index (χ2n) is 2.86. The average Bonchev–Trinajstić information content (AvgIpc) is 2.26. The van der Waals surface area contributed by atoms with Gasteiger partial charge in [0.1, 0.15) is 0 Å². The van der Waals surface area contributed by atoms with Gasteiger partial charge in [0.15, 0.2) is 0 Å². The molecule has 0 spiro atoms. The number of amides is 1. The van der Waals surface area contributed by atoms with Crippen molar-refractivity contribution in [2.75, 3.05) is 0 Å². The van der Waals surface area contributed by atoms with Crippen LogP contribution in [-0.4, -0.2) is 11.1 Å². The van der Waals surface area contributed by atoms with Gasteiger partial charge in [0.25, 0.3) is 5.91 Å². The lowest BCUT2D eigenvalue weighted by atomic mass is 10.1. The third kappa shape index (κ3) is 2.71. The number of hydrogen-bond donors (Lipinski definition) is 2. The first-order chi connectivity index (χ1) is 6.77. The summed E-state index contributed by atoms with van der Waals surface area (Å²) in [5.74, 6) is -0.518. The van der Waals surface area contributed by atoms with Gasteiger partial charge in [-0.3, -0.25) is 10.0 Å². The molecule has 0 aliphatic rings. The molecule has 0 heterocycles.